The van der Waals surface area contributed by atoms with Gasteiger partial charge >= 0.3 is 5.97 Å². The first-order chi connectivity index (χ1) is 10.6. The van der Waals surface area contributed by atoms with Gasteiger partial charge in [0.15, 0.2) is 0 Å². The van der Waals surface area contributed by atoms with Gasteiger partial charge in [0.2, 0.25) is 0 Å². The Morgan fingerprint density at radius 2 is 1.82 bits per heavy atom. The predicted molar refractivity (Wildman–Crippen MR) is 88.4 cm³/mol. The fraction of sp³-hybridized carbons (Fsp3) is 0.0588. The molecule has 4 nitrogen and oxygen atoms in total. The molecule has 0 unspecified atom stereocenters. The quantitative estimate of drug-likeness (QED) is 0.780. The second-order valence-electron chi connectivity index (χ2n) is 4.96. The molecule has 3 rings (SSSR count). The van der Waals surface area contributed by atoms with Crippen molar-refractivity contribution < 1.29 is 9.90 Å². The molecule has 0 saturated carbocycles. The maximum atomic E-state index is 12.6. The van der Waals surface area contributed by atoms with Crippen LogP contribution in [0, 0.1) is 0 Å². The number of carbonyl (C=O) groups is 1. The van der Waals surface area contributed by atoms with Gasteiger partial charge in [-0.05, 0) is 23.8 Å². The van der Waals surface area contributed by atoms with E-state index in [1.807, 2.05) is 24.3 Å². The van der Waals surface area contributed by atoms with Crippen LogP contribution in [0.2, 0.25) is 0 Å². The molecule has 0 saturated heterocycles. The van der Waals surface area contributed by atoms with Gasteiger partial charge in [0, 0.05) is 21.4 Å². The molecule has 1 heterocycles. The summed E-state index contributed by atoms with van der Waals surface area (Å²) < 4.78 is 2.35. The lowest BCUT2D eigenvalue weighted by Gasteiger charge is -2.10. The molecular weight excluding hydrogens is 346 g/mol. The highest BCUT2D eigenvalue weighted by molar-refractivity contribution is 9.10. The molecule has 1 aromatic heterocycles. The number of hydrogen-bond acceptors (Lipinski definition) is 2. The van der Waals surface area contributed by atoms with E-state index in [-0.39, 0.29) is 11.1 Å². The molecule has 0 aliphatic rings. The SMILES string of the molecule is O=C(O)c1cn(Cc2cccc(Br)c2)c(=O)c2ccccc12. The number of aromatic nitrogens is 1. The van der Waals surface area contributed by atoms with Crippen LogP contribution in [-0.2, 0) is 6.54 Å². The van der Waals surface area contributed by atoms with E-state index in [0.717, 1.165) is 10.0 Å². The summed E-state index contributed by atoms with van der Waals surface area (Å²) in [6, 6.07) is 14.4. The van der Waals surface area contributed by atoms with Crippen LogP contribution < -0.4 is 5.56 Å². The lowest BCUT2D eigenvalue weighted by atomic mass is 10.1. The maximum absolute atomic E-state index is 12.6. The largest absolute Gasteiger partial charge is 0.478 e. The number of pyridine rings is 1. The van der Waals surface area contributed by atoms with Crippen LogP contribution in [0.5, 0.6) is 0 Å². The zero-order valence-electron chi connectivity index (χ0n) is 11.5. The molecule has 3 aromatic rings. The molecule has 0 bridgehead atoms. The summed E-state index contributed by atoms with van der Waals surface area (Å²) >= 11 is 3.39. The molecule has 0 atom stereocenters. The van der Waals surface area contributed by atoms with Crippen molar-refractivity contribution in [1.29, 1.82) is 0 Å². The molecule has 2 aromatic carbocycles. The number of rotatable bonds is 3. The highest BCUT2D eigenvalue weighted by Gasteiger charge is 2.13. The van der Waals surface area contributed by atoms with Crippen LogP contribution in [0.1, 0.15) is 15.9 Å². The Morgan fingerprint density at radius 1 is 1.09 bits per heavy atom. The minimum atomic E-state index is -1.04. The van der Waals surface area contributed by atoms with Gasteiger partial charge in [-0.2, -0.15) is 0 Å². The van der Waals surface area contributed by atoms with Crippen molar-refractivity contribution in [3.8, 4) is 0 Å². The number of nitrogens with zero attached hydrogens (tertiary/aromatic N) is 1. The molecule has 0 aliphatic carbocycles. The Balaban J connectivity index is 2.20. The number of carboxylic acids is 1. The van der Waals surface area contributed by atoms with Crippen LogP contribution in [0.25, 0.3) is 10.8 Å². The first kappa shape index (κ1) is 14.5. The van der Waals surface area contributed by atoms with Crippen molar-refractivity contribution in [3.63, 3.8) is 0 Å². The summed E-state index contributed by atoms with van der Waals surface area (Å²) in [6.45, 7) is 0.323. The minimum Gasteiger partial charge on any atom is -0.478 e. The van der Waals surface area contributed by atoms with Gasteiger partial charge in [-0.25, -0.2) is 4.79 Å². The van der Waals surface area contributed by atoms with Crippen molar-refractivity contribution in [2.75, 3.05) is 0 Å². The third kappa shape index (κ3) is 2.67. The molecule has 22 heavy (non-hydrogen) atoms. The van der Waals surface area contributed by atoms with Crippen molar-refractivity contribution >= 4 is 32.7 Å². The van der Waals surface area contributed by atoms with Gasteiger partial charge in [0.1, 0.15) is 0 Å². The minimum absolute atomic E-state index is 0.130. The molecule has 0 amide bonds. The van der Waals surface area contributed by atoms with E-state index in [9.17, 15) is 14.7 Å². The van der Waals surface area contributed by atoms with Crippen LogP contribution >= 0.6 is 15.9 Å². The number of fused-ring (bicyclic) bond motifs is 1. The van der Waals surface area contributed by atoms with Crippen LogP contribution in [0.4, 0.5) is 0 Å². The Hall–Kier alpha value is -2.40. The summed E-state index contributed by atoms with van der Waals surface area (Å²) in [7, 11) is 0. The first-order valence-electron chi connectivity index (χ1n) is 6.66. The Bertz CT molecular complexity index is 931. The monoisotopic (exact) mass is 357 g/mol. The summed E-state index contributed by atoms with van der Waals surface area (Å²) in [4.78, 5) is 24.0. The number of halogens is 1. The molecular formula is C17H12BrNO3. The fourth-order valence-electron chi connectivity index (χ4n) is 2.46. The summed E-state index contributed by atoms with van der Waals surface area (Å²) in [5.74, 6) is -1.04. The molecule has 5 heteroatoms. The van der Waals surface area contributed by atoms with Gasteiger partial charge in [-0.3, -0.25) is 4.79 Å². The number of hydrogen-bond donors (Lipinski definition) is 1. The van der Waals surface area contributed by atoms with E-state index in [2.05, 4.69) is 15.9 Å². The third-order valence-electron chi connectivity index (χ3n) is 3.47. The Kier molecular flexibility index (Phi) is 3.81. The molecule has 0 spiro atoms. The smallest absolute Gasteiger partial charge is 0.337 e. The lowest BCUT2D eigenvalue weighted by molar-refractivity contribution is 0.0698. The normalized spacial score (nSPS) is 10.8. The highest BCUT2D eigenvalue weighted by atomic mass is 79.9. The van der Waals surface area contributed by atoms with Crippen LogP contribution in [0.3, 0.4) is 0 Å². The lowest BCUT2D eigenvalue weighted by Crippen LogP contribution is -2.22. The van der Waals surface area contributed by atoms with Crippen molar-refractivity contribution in [1.82, 2.24) is 4.57 Å². The molecule has 0 aliphatic heterocycles. The van der Waals surface area contributed by atoms with E-state index >= 15 is 0 Å². The van der Waals surface area contributed by atoms with Crippen molar-refractivity contribution in [2.24, 2.45) is 0 Å². The van der Waals surface area contributed by atoms with Crippen molar-refractivity contribution in [3.05, 3.63) is 80.7 Å². The van der Waals surface area contributed by atoms with Gasteiger partial charge in [0.05, 0.1) is 12.1 Å². The average Bonchev–Trinajstić information content (AvgIpc) is 2.50. The molecule has 0 radical (unpaired) electrons. The zero-order chi connectivity index (χ0) is 15.7. The number of aromatic carboxylic acids is 1. The molecule has 1 N–H and O–H groups in total. The second kappa shape index (κ2) is 5.77. The standard InChI is InChI=1S/C17H12BrNO3/c18-12-5-3-4-11(8-12)9-19-10-15(17(21)22)13-6-1-2-7-14(13)16(19)20/h1-8,10H,9H2,(H,21,22). The van der Waals surface area contributed by atoms with E-state index in [1.165, 1.54) is 10.8 Å². The first-order valence-corrected chi connectivity index (χ1v) is 7.45. The van der Waals surface area contributed by atoms with Crippen molar-refractivity contribution in [2.45, 2.75) is 6.54 Å². The van der Waals surface area contributed by atoms with Gasteiger partial charge in [-0.1, -0.05) is 46.3 Å². The van der Waals surface area contributed by atoms with E-state index in [1.54, 1.807) is 24.3 Å². The number of carboxylic acid groups (broad SMARTS) is 1. The van der Waals surface area contributed by atoms with E-state index in [0.29, 0.717) is 17.3 Å². The summed E-state index contributed by atoms with van der Waals surface area (Å²) in [6.07, 6.45) is 1.41. The fourth-order valence-corrected chi connectivity index (χ4v) is 2.91. The topological polar surface area (TPSA) is 59.3 Å². The number of benzene rings is 2. The van der Waals surface area contributed by atoms with Gasteiger partial charge < -0.3 is 9.67 Å². The molecule has 0 fully saturated rings. The Morgan fingerprint density at radius 3 is 2.50 bits per heavy atom. The second-order valence-corrected chi connectivity index (χ2v) is 5.87. The summed E-state index contributed by atoms with van der Waals surface area (Å²) in [5.41, 5.74) is 0.855. The third-order valence-corrected chi connectivity index (χ3v) is 3.96. The van der Waals surface area contributed by atoms with Crippen LogP contribution in [0.15, 0.2) is 64.0 Å². The summed E-state index contributed by atoms with van der Waals surface area (Å²) in [5, 5.41) is 10.3. The maximum Gasteiger partial charge on any atom is 0.337 e. The highest BCUT2D eigenvalue weighted by Crippen LogP contribution is 2.17. The van der Waals surface area contributed by atoms with E-state index in [4.69, 9.17) is 0 Å². The zero-order valence-corrected chi connectivity index (χ0v) is 13.1. The average molecular weight is 358 g/mol. The Labute approximate surface area is 134 Å². The van der Waals surface area contributed by atoms with Crippen LogP contribution in [-0.4, -0.2) is 15.6 Å². The van der Waals surface area contributed by atoms with E-state index < -0.39 is 5.97 Å². The van der Waals surface area contributed by atoms with Gasteiger partial charge in [-0.15, -0.1) is 0 Å². The van der Waals surface area contributed by atoms with Gasteiger partial charge in [0.25, 0.3) is 5.56 Å². The molecule has 110 valence electrons. The predicted octanol–water partition coefficient (Wildman–Crippen LogP) is 3.51.